The molecule has 0 unspecified atom stereocenters. The summed E-state index contributed by atoms with van der Waals surface area (Å²) in [6, 6.07) is 7.60. The molecular weight excluding hydrogens is 386 g/mol. The average molecular weight is 418 g/mol. The molecule has 1 heterocycles. The molecule has 3 rings (SSSR count). The number of hydrogen-bond acceptors (Lipinski definition) is 5. The van der Waals surface area contributed by atoms with E-state index in [9.17, 15) is 9.59 Å². The van der Waals surface area contributed by atoms with Gasteiger partial charge in [0.15, 0.2) is 5.16 Å². The standard InChI is InChI=1S/C22H31N3O3S/c1-15-8-6-11-19(16(15)2)25-21(27)17-9-4-5-10-18(17)24-22(25)29-14-20(26)23-12-7-13-28-3/h4-5,9-10,15-16,19H,6-8,11-14H2,1-3H3,(H,23,26)/t15-,16-,19-/m1/s1. The van der Waals surface area contributed by atoms with Crippen LogP contribution in [0.25, 0.3) is 10.9 Å². The zero-order valence-corrected chi connectivity index (χ0v) is 18.3. The molecule has 158 valence electrons. The smallest absolute Gasteiger partial charge is 0.262 e. The van der Waals surface area contributed by atoms with Crippen molar-refractivity contribution in [1.82, 2.24) is 14.9 Å². The lowest BCUT2D eigenvalue weighted by molar-refractivity contribution is -0.118. The molecule has 29 heavy (non-hydrogen) atoms. The number of nitrogens with one attached hydrogen (secondary N) is 1. The number of amides is 1. The van der Waals surface area contributed by atoms with Gasteiger partial charge in [-0.25, -0.2) is 4.98 Å². The Kier molecular flexibility index (Phi) is 7.72. The van der Waals surface area contributed by atoms with E-state index in [4.69, 9.17) is 9.72 Å². The zero-order chi connectivity index (χ0) is 20.8. The molecular formula is C22H31N3O3S. The van der Waals surface area contributed by atoms with Gasteiger partial charge in [0.2, 0.25) is 5.91 Å². The van der Waals surface area contributed by atoms with Crippen molar-refractivity contribution in [3.05, 3.63) is 34.6 Å². The molecule has 0 radical (unpaired) electrons. The summed E-state index contributed by atoms with van der Waals surface area (Å²) in [6.45, 7) is 5.70. The van der Waals surface area contributed by atoms with Gasteiger partial charge in [-0.3, -0.25) is 14.2 Å². The Balaban J connectivity index is 1.87. The molecule has 1 aliphatic rings. The largest absolute Gasteiger partial charge is 0.385 e. The molecule has 7 heteroatoms. The minimum atomic E-state index is -0.0508. The maximum absolute atomic E-state index is 13.4. The summed E-state index contributed by atoms with van der Waals surface area (Å²) in [5, 5.41) is 4.19. The van der Waals surface area contributed by atoms with Crippen LogP contribution in [-0.2, 0) is 9.53 Å². The first-order chi connectivity index (χ1) is 14.0. The lowest BCUT2D eigenvalue weighted by Crippen LogP contribution is -2.35. The molecule has 1 aliphatic carbocycles. The first-order valence-electron chi connectivity index (χ1n) is 10.4. The minimum Gasteiger partial charge on any atom is -0.385 e. The molecule has 1 fully saturated rings. The Morgan fingerprint density at radius 1 is 1.31 bits per heavy atom. The topological polar surface area (TPSA) is 73.2 Å². The molecule has 1 aromatic carbocycles. The van der Waals surface area contributed by atoms with Gasteiger partial charge in [0.1, 0.15) is 0 Å². The van der Waals surface area contributed by atoms with Crippen LogP contribution in [0.4, 0.5) is 0 Å². The summed E-state index contributed by atoms with van der Waals surface area (Å²) in [5.41, 5.74) is 0.692. The fraction of sp³-hybridized carbons (Fsp3) is 0.591. The lowest BCUT2D eigenvalue weighted by atomic mass is 9.78. The summed E-state index contributed by atoms with van der Waals surface area (Å²) in [4.78, 5) is 30.4. The van der Waals surface area contributed by atoms with Gasteiger partial charge in [-0.15, -0.1) is 0 Å². The normalized spacial score (nSPS) is 22.0. The van der Waals surface area contributed by atoms with Crippen molar-refractivity contribution in [2.24, 2.45) is 11.8 Å². The van der Waals surface area contributed by atoms with E-state index in [0.29, 0.717) is 41.0 Å². The third kappa shape index (κ3) is 5.20. The second-order valence-corrected chi connectivity index (χ2v) is 8.85. The van der Waals surface area contributed by atoms with Crippen LogP contribution >= 0.6 is 11.8 Å². The van der Waals surface area contributed by atoms with Gasteiger partial charge in [-0.1, -0.05) is 50.6 Å². The predicted octanol–water partition coefficient (Wildman–Crippen LogP) is 3.64. The van der Waals surface area contributed by atoms with Crippen molar-refractivity contribution in [2.45, 2.75) is 50.7 Å². The van der Waals surface area contributed by atoms with Crippen molar-refractivity contribution in [2.75, 3.05) is 26.0 Å². The van der Waals surface area contributed by atoms with Gasteiger partial charge < -0.3 is 10.1 Å². The second kappa shape index (κ2) is 10.3. The van der Waals surface area contributed by atoms with Gasteiger partial charge in [0, 0.05) is 26.3 Å². The number of aromatic nitrogens is 2. The Morgan fingerprint density at radius 3 is 2.90 bits per heavy atom. The van der Waals surface area contributed by atoms with Crippen molar-refractivity contribution < 1.29 is 9.53 Å². The number of benzene rings is 1. The summed E-state index contributed by atoms with van der Waals surface area (Å²) in [7, 11) is 1.65. The second-order valence-electron chi connectivity index (χ2n) is 7.91. The van der Waals surface area contributed by atoms with Crippen LogP contribution in [0, 0.1) is 11.8 Å². The molecule has 2 aromatic rings. The number of para-hydroxylation sites is 1. The Labute approximate surface area is 176 Å². The monoisotopic (exact) mass is 417 g/mol. The number of fused-ring (bicyclic) bond motifs is 1. The Hall–Kier alpha value is -1.86. The molecule has 0 spiro atoms. The average Bonchev–Trinajstić information content (AvgIpc) is 2.72. The van der Waals surface area contributed by atoms with Gasteiger partial charge in [-0.2, -0.15) is 0 Å². The summed E-state index contributed by atoms with van der Waals surface area (Å²) in [6.07, 6.45) is 4.06. The van der Waals surface area contributed by atoms with Crippen LogP contribution in [0.1, 0.15) is 45.6 Å². The zero-order valence-electron chi connectivity index (χ0n) is 17.5. The van der Waals surface area contributed by atoms with Crippen molar-refractivity contribution in [3.63, 3.8) is 0 Å². The molecule has 0 bridgehead atoms. The first-order valence-corrected chi connectivity index (χ1v) is 11.4. The van der Waals surface area contributed by atoms with E-state index in [1.165, 1.54) is 18.2 Å². The number of rotatable bonds is 8. The van der Waals surface area contributed by atoms with Crippen molar-refractivity contribution >= 4 is 28.6 Å². The molecule has 1 saturated carbocycles. The van der Waals surface area contributed by atoms with Crippen LogP contribution in [0.15, 0.2) is 34.2 Å². The summed E-state index contributed by atoms with van der Waals surface area (Å²) >= 11 is 1.35. The van der Waals surface area contributed by atoms with Gasteiger partial charge in [0.05, 0.1) is 16.7 Å². The maximum atomic E-state index is 13.4. The highest BCUT2D eigenvalue weighted by Gasteiger charge is 2.31. The summed E-state index contributed by atoms with van der Waals surface area (Å²) < 4.78 is 6.87. The maximum Gasteiger partial charge on any atom is 0.262 e. The van der Waals surface area contributed by atoms with E-state index in [0.717, 1.165) is 19.3 Å². The number of carbonyl (C=O) groups excluding carboxylic acids is 1. The summed E-state index contributed by atoms with van der Waals surface area (Å²) in [5.74, 6) is 1.15. The fourth-order valence-electron chi connectivity index (χ4n) is 4.06. The van der Waals surface area contributed by atoms with Crippen LogP contribution in [-0.4, -0.2) is 41.5 Å². The Bertz CT molecular complexity index is 898. The quantitative estimate of drug-likeness (QED) is 0.403. The van der Waals surface area contributed by atoms with E-state index >= 15 is 0 Å². The first kappa shape index (κ1) is 21.8. The van der Waals surface area contributed by atoms with Crippen molar-refractivity contribution in [1.29, 1.82) is 0 Å². The third-order valence-electron chi connectivity index (χ3n) is 5.95. The highest BCUT2D eigenvalue weighted by molar-refractivity contribution is 7.99. The number of ether oxygens (including phenoxy) is 1. The van der Waals surface area contributed by atoms with Crippen LogP contribution in [0.5, 0.6) is 0 Å². The number of carbonyl (C=O) groups is 1. The SMILES string of the molecule is COCCCNC(=O)CSc1nc2ccccc2c(=O)n1[C@@H]1CCC[C@@H](C)[C@H]1C. The number of nitrogens with zero attached hydrogens (tertiary/aromatic N) is 2. The van der Waals surface area contributed by atoms with E-state index in [2.05, 4.69) is 19.2 Å². The number of thioether (sulfide) groups is 1. The molecule has 3 atom stereocenters. The van der Waals surface area contributed by atoms with Crippen LogP contribution < -0.4 is 10.9 Å². The predicted molar refractivity (Wildman–Crippen MR) is 117 cm³/mol. The molecule has 0 saturated heterocycles. The van der Waals surface area contributed by atoms with Crippen molar-refractivity contribution in [3.8, 4) is 0 Å². The van der Waals surface area contributed by atoms with Gasteiger partial charge >= 0.3 is 0 Å². The van der Waals surface area contributed by atoms with Crippen LogP contribution in [0.3, 0.4) is 0 Å². The minimum absolute atomic E-state index is 0.00422. The van der Waals surface area contributed by atoms with E-state index in [-0.39, 0.29) is 23.3 Å². The molecule has 1 aromatic heterocycles. The molecule has 1 N–H and O–H groups in total. The third-order valence-corrected chi connectivity index (χ3v) is 6.90. The highest BCUT2D eigenvalue weighted by atomic mass is 32.2. The van der Waals surface area contributed by atoms with Crippen LogP contribution in [0.2, 0.25) is 0 Å². The molecule has 0 aliphatic heterocycles. The van der Waals surface area contributed by atoms with Gasteiger partial charge in [0.25, 0.3) is 5.56 Å². The highest BCUT2D eigenvalue weighted by Crippen LogP contribution is 2.38. The number of methoxy groups -OCH3 is 1. The Morgan fingerprint density at radius 2 is 2.10 bits per heavy atom. The van der Waals surface area contributed by atoms with E-state index in [1.807, 2.05) is 28.8 Å². The lowest BCUT2D eigenvalue weighted by Gasteiger charge is -2.36. The van der Waals surface area contributed by atoms with E-state index in [1.54, 1.807) is 7.11 Å². The molecule has 6 nitrogen and oxygen atoms in total. The fourth-order valence-corrected chi connectivity index (χ4v) is 4.95. The van der Waals surface area contributed by atoms with Gasteiger partial charge in [-0.05, 0) is 36.8 Å². The van der Waals surface area contributed by atoms with E-state index < -0.39 is 0 Å². The molecule has 1 amide bonds. The number of hydrogen-bond donors (Lipinski definition) is 1.